The Hall–Kier alpha value is -1.88. The van der Waals surface area contributed by atoms with E-state index in [9.17, 15) is 4.79 Å². The summed E-state index contributed by atoms with van der Waals surface area (Å²) in [6, 6.07) is 7.38. The Labute approximate surface area is 135 Å². The Balaban J connectivity index is 2.43. The lowest BCUT2D eigenvalue weighted by Gasteiger charge is -2.06. The zero-order chi connectivity index (χ0) is 16.3. The van der Waals surface area contributed by atoms with Gasteiger partial charge in [0.05, 0.1) is 6.61 Å². The van der Waals surface area contributed by atoms with Gasteiger partial charge in [0, 0.05) is 16.5 Å². The molecule has 2 rings (SSSR count). The van der Waals surface area contributed by atoms with Gasteiger partial charge in [0.2, 0.25) is 0 Å². The molecule has 1 aromatic carbocycles. The van der Waals surface area contributed by atoms with Crippen LogP contribution in [0.4, 0.5) is 0 Å². The van der Waals surface area contributed by atoms with Crippen LogP contribution in [-0.4, -0.2) is 27.3 Å². The van der Waals surface area contributed by atoms with Crippen LogP contribution in [0, 0.1) is 11.8 Å². The molecule has 22 heavy (non-hydrogen) atoms. The minimum atomic E-state index is -0.197. The molecule has 0 N–H and O–H groups in total. The topological polar surface area (TPSA) is 57.0 Å². The quantitative estimate of drug-likeness (QED) is 0.837. The summed E-state index contributed by atoms with van der Waals surface area (Å²) in [7, 11) is 0. The Morgan fingerprint density at radius 3 is 2.64 bits per heavy atom. The molecule has 0 atom stereocenters. The summed E-state index contributed by atoms with van der Waals surface area (Å²) in [4.78, 5) is 16.7. The number of halogens is 1. The normalized spacial score (nSPS) is 11.2. The Morgan fingerprint density at radius 1 is 1.32 bits per heavy atom. The monoisotopic (exact) mass is 321 g/mol. The lowest BCUT2D eigenvalue weighted by atomic mass is 10.2. The highest BCUT2D eigenvalue weighted by Gasteiger charge is 2.21. The van der Waals surface area contributed by atoms with E-state index in [2.05, 4.69) is 10.1 Å². The highest BCUT2D eigenvalue weighted by Crippen LogP contribution is 2.24. The van der Waals surface area contributed by atoms with Crippen LogP contribution in [0.3, 0.4) is 0 Å². The van der Waals surface area contributed by atoms with Crippen LogP contribution >= 0.6 is 11.6 Å². The largest absolute Gasteiger partial charge is 0.462 e. The van der Waals surface area contributed by atoms with Crippen molar-refractivity contribution in [3.8, 4) is 17.4 Å². The van der Waals surface area contributed by atoms with Gasteiger partial charge in [-0.3, -0.25) is 4.79 Å². The predicted molar refractivity (Wildman–Crippen MR) is 86.3 cm³/mol. The smallest absolute Gasteiger partial charge is 0.336 e. The van der Waals surface area contributed by atoms with Gasteiger partial charge in [-0.05, 0) is 18.1 Å². The van der Waals surface area contributed by atoms with E-state index in [1.54, 1.807) is 12.1 Å². The molecule has 1 aromatic heterocycles. The van der Waals surface area contributed by atoms with Crippen LogP contribution in [0.1, 0.15) is 32.5 Å². The van der Waals surface area contributed by atoms with Crippen LogP contribution in [0.25, 0.3) is 11.4 Å². The fraction of sp³-hybridized carbons (Fsp3) is 0.438. The summed E-state index contributed by atoms with van der Waals surface area (Å²) in [5.41, 5.74) is 0.730. The van der Waals surface area contributed by atoms with E-state index in [0.29, 0.717) is 23.4 Å². The minimum Gasteiger partial charge on any atom is -0.462 e. The van der Waals surface area contributed by atoms with E-state index in [1.165, 1.54) is 4.68 Å². The zero-order valence-corrected chi connectivity index (χ0v) is 14.0. The lowest BCUT2D eigenvalue weighted by Crippen LogP contribution is -2.19. The number of rotatable bonds is 5. The molecule has 0 unspecified atom stereocenters. The summed E-state index contributed by atoms with van der Waals surface area (Å²) >= 11 is 6.03. The third-order valence-electron chi connectivity index (χ3n) is 2.92. The number of carbonyl (C=O) groups is 1. The van der Waals surface area contributed by atoms with Crippen molar-refractivity contribution in [1.82, 2.24) is 14.8 Å². The van der Waals surface area contributed by atoms with Crippen molar-refractivity contribution >= 4 is 17.5 Å². The number of benzene rings is 1. The number of ether oxygens (including phenoxy) is 1. The fourth-order valence-corrected chi connectivity index (χ4v) is 2.00. The van der Waals surface area contributed by atoms with E-state index >= 15 is 0 Å². The van der Waals surface area contributed by atoms with Gasteiger partial charge in [-0.1, -0.05) is 51.4 Å². The third kappa shape index (κ3) is 3.85. The number of hydrogen-bond acceptors (Lipinski definition) is 4. The van der Waals surface area contributed by atoms with E-state index in [4.69, 9.17) is 16.3 Å². The Kier molecular flexibility index (Phi) is 5.19. The predicted octanol–water partition coefficient (Wildman–Crippen LogP) is 3.93. The highest BCUT2D eigenvalue weighted by atomic mass is 35.5. The van der Waals surface area contributed by atoms with Crippen molar-refractivity contribution in [2.24, 2.45) is 11.8 Å². The SMILES string of the molecule is CC(C)COc1nc(-c2cccc(Cl)c2)n(C(=O)C(C)C)n1. The molecule has 0 saturated heterocycles. The van der Waals surface area contributed by atoms with Crippen molar-refractivity contribution < 1.29 is 9.53 Å². The standard InChI is InChI=1S/C16H20ClN3O2/c1-10(2)9-22-16-18-14(12-6-5-7-13(17)8-12)20(19-16)15(21)11(3)4/h5-8,10-11H,9H2,1-4H3. The molecule has 0 aliphatic carbocycles. The van der Waals surface area contributed by atoms with E-state index in [0.717, 1.165) is 5.56 Å². The first-order chi connectivity index (χ1) is 10.4. The fourth-order valence-electron chi connectivity index (χ4n) is 1.81. The molecule has 5 nitrogen and oxygen atoms in total. The van der Waals surface area contributed by atoms with Crippen molar-refractivity contribution in [2.75, 3.05) is 6.61 Å². The number of hydrogen-bond donors (Lipinski definition) is 0. The van der Waals surface area contributed by atoms with Crippen LogP contribution in [0.5, 0.6) is 6.01 Å². The van der Waals surface area contributed by atoms with E-state index in [-0.39, 0.29) is 17.8 Å². The average molecular weight is 322 g/mol. The van der Waals surface area contributed by atoms with Crippen LogP contribution in [0.2, 0.25) is 5.02 Å². The molecule has 6 heteroatoms. The summed E-state index contributed by atoms with van der Waals surface area (Å²) in [6.45, 7) is 8.21. The Morgan fingerprint density at radius 2 is 2.05 bits per heavy atom. The molecule has 118 valence electrons. The molecule has 0 amide bonds. The molecule has 0 bridgehead atoms. The van der Waals surface area contributed by atoms with Crippen molar-refractivity contribution in [3.05, 3.63) is 29.3 Å². The van der Waals surface area contributed by atoms with Crippen LogP contribution in [-0.2, 0) is 0 Å². The van der Waals surface area contributed by atoms with Gasteiger partial charge in [0.1, 0.15) is 0 Å². The van der Waals surface area contributed by atoms with Crippen molar-refractivity contribution in [3.63, 3.8) is 0 Å². The molecule has 0 radical (unpaired) electrons. The summed E-state index contributed by atoms with van der Waals surface area (Å²) < 4.78 is 6.84. The molecular formula is C16H20ClN3O2. The van der Waals surface area contributed by atoms with Gasteiger partial charge in [0.25, 0.3) is 5.91 Å². The second kappa shape index (κ2) is 6.92. The summed E-state index contributed by atoms with van der Waals surface area (Å²) in [5.74, 6) is 0.460. The molecule has 0 aliphatic rings. The van der Waals surface area contributed by atoms with Gasteiger partial charge in [-0.25, -0.2) is 0 Å². The third-order valence-corrected chi connectivity index (χ3v) is 3.15. The number of nitrogens with zero attached hydrogens (tertiary/aromatic N) is 3. The first-order valence-corrected chi connectivity index (χ1v) is 7.66. The highest BCUT2D eigenvalue weighted by molar-refractivity contribution is 6.30. The summed E-state index contributed by atoms with van der Waals surface area (Å²) in [6.07, 6.45) is 0. The maximum Gasteiger partial charge on any atom is 0.336 e. The van der Waals surface area contributed by atoms with E-state index in [1.807, 2.05) is 39.8 Å². The maximum atomic E-state index is 12.3. The van der Waals surface area contributed by atoms with Crippen LogP contribution in [0.15, 0.2) is 24.3 Å². The zero-order valence-electron chi connectivity index (χ0n) is 13.2. The molecule has 0 aliphatic heterocycles. The Bertz CT molecular complexity index is 665. The van der Waals surface area contributed by atoms with E-state index < -0.39 is 0 Å². The van der Waals surface area contributed by atoms with Crippen molar-refractivity contribution in [1.29, 1.82) is 0 Å². The number of carbonyl (C=O) groups excluding carboxylic acids is 1. The maximum absolute atomic E-state index is 12.3. The first kappa shape index (κ1) is 16.5. The van der Waals surface area contributed by atoms with Gasteiger partial charge in [0.15, 0.2) is 5.82 Å². The van der Waals surface area contributed by atoms with Gasteiger partial charge < -0.3 is 4.74 Å². The van der Waals surface area contributed by atoms with Crippen molar-refractivity contribution in [2.45, 2.75) is 27.7 Å². The molecular weight excluding hydrogens is 302 g/mol. The molecule has 0 saturated carbocycles. The lowest BCUT2D eigenvalue weighted by molar-refractivity contribution is 0.0838. The van der Waals surface area contributed by atoms with Gasteiger partial charge in [-0.2, -0.15) is 9.67 Å². The number of aromatic nitrogens is 3. The molecule has 0 spiro atoms. The second-order valence-electron chi connectivity index (χ2n) is 5.84. The van der Waals surface area contributed by atoms with Crippen LogP contribution < -0.4 is 4.74 Å². The average Bonchev–Trinajstić information content (AvgIpc) is 2.88. The van der Waals surface area contributed by atoms with Gasteiger partial charge >= 0.3 is 6.01 Å². The molecule has 0 fully saturated rings. The minimum absolute atomic E-state index is 0.137. The first-order valence-electron chi connectivity index (χ1n) is 7.28. The summed E-state index contributed by atoms with van der Waals surface area (Å²) in [5, 5.41) is 4.78. The molecule has 1 heterocycles. The van der Waals surface area contributed by atoms with Gasteiger partial charge in [-0.15, -0.1) is 5.10 Å². The second-order valence-corrected chi connectivity index (χ2v) is 6.27. The molecule has 2 aromatic rings.